The fourth-order valence-electron chi connectivity index (χ4n) is 3.61. The van der Waals surface area contributed by atoms with Gasteiger partial charge in [0.05, 0.1) is 17.6 Å². The molecule has 1 aromatic carbocycles. The van der Waals surface area contributed by atoms with E-state index >= 15 is 0 Å². The molecule has 1 heterocycles. The maximum Gasteiger partial charge on any atom is 0.413 e. The first kappa shape index (κ1) is 23.2. The average Bonchev–Trinajstić information content (AvgIpc) is 3.13. The number of imidazole rings is 1. The van der Waals surface area contributed by atoms with Gasteiger partial charge in [-0.15, -0.1) is 0 Å². The summed E-state index contributed by atoms with van der Waals surface area (Å²) in [5.74, 6) is 0.428. The first-order valence-corrected chi connectivity index (χ1v) is 11.7. The van der Waals surface area contributed by atoms with Gasteiger partial charge in [-0.1, -0.05) is 103 Å². The zero-order chi connectivity index (χ0) is 20.6. The summed E-state index contributed by atoms with van der Waals surface area (Å²) >= 11 is 0. The molecule has 0 bridgehead atoms. The van der Waals surface area contributed by atoms with Crippen molar-refractivity contribution in [2.24, 2.45) is 0 Å². The minimum atomic E-state index is -0.446. The Morgan fingerprint density at radius 1 is 0.862 bits per heavy atom. The van der Waals surface area contributed by atoms with Crippen LogP contribution in [0.15, 0.2) is 24.3 Å². The molecule has 0 aliphatic heterocycles. The van der Waals surface area contributed by atoms with Crippen molar-refractivity contribution in [3.8, 4) is 0 Å². The second kappa shape index (κ2) is 14.9. The zero-order valence-corrected chi connectivity index (χ0v) is 18.2. The molecule has 0 aliphatic rings. The molecule has 0 unspecified atom stereocenters. The number of aromatic amines is 1. The lowest BCUT2D eigenvalue weighted by atomic mass is 10.0. The van der Waals surface area contributed by atoms with E-state index in [1.54, 1.807) is 0 Å². The van der Waals surface area contributed by atoms with Crippen LogP contribution >= 0.6 is 0 Å². The van der Waals surface area contributed by atoms with Crippen molar-refractivity contribution in [1.82, 2.24) is 9.97 Å². The number of unbranched alkanes of at least 4 members (excludes halogenated alkanes) is 13. The summed E-state index contributed by atoms with van der Waals surface area (Å²) in [4.78, 5) is 19.2. The van der Waals surface area contributed by atoms with Crippen LogP contribution in [0.3, 0.4) is 0 Å². The number of para-hydroxylation sites is 2. The minimum Gasteiger partial charge on any atom is -0.449 e. The van der Waals surface area contributed by atoms with Crippen molar-refractivity contribution in [2.75, 3.05) is 11.9 Å². The Balaban J connectivity index is 1.36. The van der Waals surface area contributed by atoms with Gasteiger partial charge in [0, 0.05) is 0 Å². The Hall–Kier alpha value is -2.04. The molecule has 29 heavy (non-hydrogen) atoms. The van der Waals surface area contributed by atoms with Gasteiger partial charge >= 0.3 is 6.09 Å². The van der Waals surface area contributed by atoms with E-state index < -0.39 is 6.09 Å². The number of hydrogen-bond acceptors (Lipinski definition) is 3. The molecule has 162 valence electrons. The molecule has 1 aromatic heterocycles. The van der Waals surface area contributed by atoms with Crippen LogP contribution in [-0.2, 0) is 4.74 Å². The number of ether oxygens (including phenoxy) is 1. The van der Waals surface area contributed by atoms with E-state index in [-0.39, 0.29) is 0 Å². The predicted octanol–water partition coefficient (Wildman–Crippen LogP) is 7.59. The van der Waals surface area contributed by atoms with Crippen LogP contribution in [0, 0.1) is 0 Å². The minimum absolute atomic E-state index is 0.428. The number of anilines is 1. The van der Waals surface area contributed by atoms with Gasteiger partial charge in [-0.05, 0) is 18.6 Å². The van der Waals surface area contributed by atoms with Gasteiger partial charge in [0.2, 0.25) is 5.95 Å². The summed E-state index contributed by atoms with van der Waals surface area (Å²) in [6.07, 6.45) is 18.0. The number of carbonyl (C=O) groups is 1. The number of hydrogen-bond donors (Lipinski definition) is 2. The van der Waals surface area contributed by atoms with Crippen LogP contribution in [0.5, 0.6) is 0 Å². The largest absolute Gasteiger partial charge is 0.449 e. The van der Waals surface area contributed by atoms with Gasteiger partial charge in [0.25, 0.3) is 0 Å². The smallest absolute Gasteiger partial charge is 0.413 e. The summed E-state index contributed by atoms with van der Waals surface area (Å²) in [5, 5.41) is 2.65. The highest BCUT2D eigenvalue weighted by Gasteiger charge is 2.07. The lowest BCUT2D eigenvalue weighted by Crippen LogP contribution is -2.15. The fraction of sp³-hybridized carbons (Fsp3) is 0.667. The number of rotatable bonds is 16. The Kier molecular flexibility index (Phi) is 11.9. The molecule has 0 fully saturated rings. The molecule has 0 aliphatic carbocycles. The Morgan fingerprint density at radius 3 is 2.00 bits per heavy atom. The first-order chi connectivity index (χ1) is 14.3. The SMILES string of the molecule is CCCCCCCCCCCCCCCCOC(=O)Nc1nc2ccccc2[nH]1. The van der Waals surface area contributed by atoms with Crippen LogP contribution < -0.4 is 5.32 Å². The van der Waals surface area contributed by atoms with Crippen LogP contribution in [0.4, 0.5) is 10.7 Å². The van der Waals surface area contributed by atoms with Gasteiger partial charge < -0.3 is 9.72 Å². The number of carbonyl (C=O) groups excluding carboxylic acids is 1. The Bertz CT molecular complexity index is 651. The number of aromatic nitrogens is 2. The van der Waals surface area contributed by atoms with Crippen molar-refractivity contribution >= 4 is 23.1 Å². The molecule has 2 aromatic rings. The third kappa shape index (κ3) is 10.3. The topological polar surface area (TPSA) is 67.0 Å². The number of nitrogens with one attached hydrogen (secondary N) is 2. The van der Waals surface area contributed by atoms with Crippen molar-refractivity contribution in [1.29, 1.82) is 0 Å². The summed E-state index contributed by atoms with van der Waals surface area (Å²) in [7, 11) is 0. The molecular weight excluding hydrogens is 362 g/mol. The summed E-state index contributed by atoms with van der Waals surface area (Å²) < 4.78 is 5.24. The monoisotopic (exact) mass is 401 g/mol. The molecule has 2 N–H and O–H groups in total. The van der Waals surface area contributed by atoms with Gasteiger partial charge in [0.1, 0.15) is 0 Å². The van der Waals surface area contributed by atoms with Crippen LogP contribution in [0.25, 0.3) is 11.0 Å². The quantitative estimate of drug-likeness (QED) is 0.285. The molecule has 5 heteroatoms. The summed E-state index contributed by atoms with van der Waals surface area (Å²) in [5.41, 5.74) is 1.73. The third-order valence-corrected chi connectivity index (χ3v) is 5.34. The second-order valence-electron chi connectivity index (χ2n) is 7.96. The van der Waals surface area contributed by atoms with Crippen LogP contribution in [-0.4, -0.2) is 22.7 Å². The molecule has 0 spiro atoms. The van der Waals surface area contributed by atoms with E-state index in [1.165, 1.54) is 77.0 Å². The van der Waals surface area contributed by atoms with E-state index in [9.17, 15) is 4.79 Å². The third-order valence-electron chi connectivity index (χ3n) is 5.34. The average molecular weight is 402 g/mol. The second-order valence-corrected chi connectivity index (χ2v) is 7.96. The highest BCUT2D eigenvalue weighted by molar-refractivity contribution is 5.86. The molecule has 2 rings (SSSR count). The molecule has 0 saturated carbocycles. The number of nitrogens with zero attached hydrogens (tertiary/aromatic N) is 1. The van der Waals surface area contributed by atoms with Crippen molar-refractivity contribution in [2.45, 2.75) is 96.8 Å². The van der Waals surface area contributed by atoms with E-state index in [0.29, 0.717) is 12.6 Å². The van der Waals surface area contributed by atoms with Crippen molar-refractivity contribution < 1.29 is 9.53 Å². The molecule has 1 amide bonds. The van der Waals surface area contributed by atoms with E-state index in [4.69, 9.17) is 4.74 Å². The maximum atomic E-state index is 11.8. The van der Waals surface area contributed by atoms with Gasteiger partial charge in [-0.25, -0.2) is 9.78 Å². The fourth-order valence-corrected chi connectivity index (χ4v) is 3.61. The lowest BCUT2D eigenvalue weighted by Gasteiger charge is -2.05. The number of fused-ring (bicyclic) bond motifs is 1. The highest BCUT2D eigenvalue weighted by Crippen LogP contribution is 2.14. The maximum absolute atomic E-state index is 11.8. The molecular formula is C24H39N3O2. The normalized spacial score (nSPS) is 11.1. The first-order valence-electron chi connectivity index (χ1n) is 11.7. The number of amides is 1. The van der Waals surface area contributed by atoms with Gasteiger partial charge in [-0.2, -0.15) is 0 Å². The lowest BCUT2D eigenvalue weighted by molar-refractivity contribution is 0.159. The van der Waals surface area contributed by atoms with Gasteiger partial charge in [0.15, 0.2) is 0 Å². The Morgan fingerprint density at radius 2 is 1.41 bits per heavy atom. The molecule has 5 nitrogen and oxygen atoms in total. The zero-order valence-electron chi connectivity index (χ0n) is 18.2. The van der Waals surface area contributed by atoms with Crippen molar-refractivity contribution in [3.63, 3.8) is 0 Å². The van der Waals surface area contributed by atoms with E-state index in [0.717, 1.165) is 23.9 Å². The summed E-state index contributed by atoms with van der Waals surface area (Å²) in [6, 6.07) is 7.67. The van der Waals surface area contributed by atoms with Gasteiger partial charge in [-0.3, -0.25) is 5.32 Å². The highest BCUT2D eigenvalue weighted by atomic mass is 16.5. The predicted molar refractivity (Wildman–Crippen MR) is 121 cm³/mol. The standard InChI is InChI=1S/C24H39N3O2/c1-2-3-4-5-6-7-8-9-10-11-12-13-14-17-20-29-24(28)27-23-25-21-18-15-16-19-22(21)26-23/h15-16,18-19H,2-14,17,20H2,1H3,(H2,25,26,27,28). The van der Waals surface area contributed by atoms with Crippen LogP contribution in [0.1, 0.15) is 96.8 Å². The summed E-state index contributed by atoms with van der Waals surface area (Å²) in [6.45, 7) is 2.73. The van der Waals surface area contributed by atoms with Crippen LogP contribution in [0.2, 0.25) is 0 Å². The molecule has 0 saturated heterocycles. The van der Waals surface area contributed by atoms with E-state index in [1.807, 2.05) is 24.3 Å². The van der Waals surface area contributed by atoms with Crippen molar-refractivity contribution in [3.05, 3.63) is 24.3 Å². The number of H-pyrrole nitrogens is 1. The molecule has 0 atom stereocenters. The van der Waals surface area contributed by atoms with E-state index in [2.05, 4.69) is 22.2 Å². The number of benzene rings is 1. The molecule has 0 radical (unpaired) electrons. The Labute approximate surface area is 176 Å².